The predicted molar refractivity (Wildman–Crippen MR) is 97.6 cm³/mol. The molecule has 112 valence electrons. The van der Waals surface area contributed by atoms with E-state index in [0.29, 0.717) is 0 Å². The van der Waals surface area contributed by atoms with Crippen molar-refractivity contribution in [2.75, 3.05) is 0 Å². The zero-order valence-corrected chi connectivity index (χ0v) is 13.7. The SMILES string of the molecule is C=C(/C=C\C=C/C)C(=C)CCc1ccccc1C.C=CC. The Hall–Kier alpha value is -2.08. The molecule has 1 aromatic carbocycles. The molecule has 0 aromatic heterocycles. The molecule has 0 saturated carbocycles. The topological polar surface area (TPSA) is 0 Å². The Morgan fingerprint density at radius 3 is 2.29 bits per heavy atom. The third kappa shape index (κ3) is 8.65. The van der Waals surface area contributed by atoms with Crippen LogP contribution in [-0.2, 0) is 6.42 Å². The fourth-order valence-electron chi connectivity index (χ4n) is 1.74. The second-order valence-corrected chi connectivity index (χ2v) is 4.85. The Balaban J connectivity index is 0.00000122. The Kier molecular flexibility index (Phi) is 10.6. The molecule has 0 spiro atoms. The van der Waals surface area contributed by atoms with Crippen molar-refractivity contribution in [3.8, 4) is 0 Å². The first kappa shape index (κ1) is 18.9. The van der Waals surface area contributed by atoms with Crippen LogP contribution < -0.4 is 0 Å². The first-order chi connectivity index (χ1) is 10.1. The molecule has 0 aliphatic carbocycles. The van der Waals surface area contributed by atoms with Crippen molar-refractivity contribution in [1.82, 2.24) is 0 Å². The van der Waals surface area contributed by atoms with E-state index in [9.17, 15) is 0 Å². The lowest BCUT2D eigenvalue weighted by molar-refractivity contribution is 0.949. The molecule has 0 heterocycles. The van der Waals surface area contributed by atoms with Gasteiger partial charge in [0.2, 0.25) is 0 Å². The number of aryl methyl sites for hydroxylation is 2. The highest BCUT2D eigenvalue weighted by Gasteiger charge is 2.00. The average Bonchev–Trinajstić information content (AvgIpc) is 2.47. The summed E-state index contributed by atoms with van der Waals surface area (Å²) >= 11 is 0. The van der Waals surface area contributed by atoms with Gasteiger partial charge in [-0.3, -0.25) is 0 Å². The summed E-state index contributed by atoms with van der Waals surface area (Å²) in [5.41, 5.74) is 4.87. The van der Waals surface area contributed by atoms with Gasteiger partial charge in [0, 0.05) is 0 Å². The van der Waals surface area contributed by atoms with Gasteiger partial charge in [0.25, 0.3) is 0 Å². The summed E-state index contributed by atoms with van der Waals surface area (Å²) in [7, 11) is 0. The van der Waals surface area contributed by atoms with Crippen LogP contribution in [0.3, 0.4) is 0 Å². The van der Waals surface area contributed by atoms with Crippen molar-refractivity contribution in [3.05, 3.63) is 96.7 Å². The van der Waals surface area contributed by atoms with E-state index in [1.807, 2.05) is 38.2 Å². The van der Waals surface area contributed by atoms with Crippen LogP contribution in [-0.4, -0.2) is 0 Å². The highest BCUT2D eigenvalue weighted by atomic mass is 14.1. The Bertz CT molecular complexity index is 513. The molecule has 0 N–H and O–H groups in total. The van der Waals surface area contributed by atoms with E-state index in [4.69, 9.17) is 0 Å². The molecule has 0 nitrogen and oxygen atoms in total. The molecule has 0 bridgehead atoms. The summed E-state index contributed by atoms with van der Waals surface area (Å²) in [6.45, 7) is 17.5. The normalized spacial score (nSPS) is 10.2. The molecule has 0 unspecified atom stereocenters. The summed E-state index contributed by atoms with van der Waals surface area (Å²) in [6.07, 6.45) is 11.8. The van der Waals surface area contributed by atoms with Crippen LogP contribution in [0.1, 0.15) is 31.4 Å². The van der Waals surface area contributed by atoms with Gasteiger partial charge in [-0.2, -0.15) is 0 Å². The largest absolute Gasteiger partial charge is 0.103 e. The minimum atomic E-state index is 0.962. The van der Waals surface area contributed by atoms with E-state index in [1.165, 1.54) is 11.1 Å². The zero-order chi connectivity index (χ0) is 16.1. The summed E-state index contributed by atoms with van der Waals surface area (Å²) in [4.78, 5) is 0. The standard InChI is InChI=1S/C18H22.C3H6/c1-5-6-7-10-15(2)16(3)13-14-18-12-9-8-11-17(18)4;1-3-2/h5-12H,2-3,13-14H2,1,4H3;3H,1H2,2H3/b6-5-,10-7-;. The fourth-order valence-corrected chi connectivity index (χ4v) is 1.74. The molecule has 0 heteroatoms. The molecule has 0 radical (unpaired) electrons. The minimum absolute atomic E-state index is 0.962. The van der Waals surface area contributed by atoms with Crippen molar-refractivity contribution >= 4 is 0 Å². The number of allylic oxidation sites excluding steroid dienone is 7. The molecule has 0 aliphatic heterocycles. The molecule has 0 aliphatic rings. The van der Waals surface area contributed by atoms with E-state index in [2.05, 4.69) is 50.9 Å². The second-order valence-electron chi connectivity index (χ2n) is 4.85. The van der Waals surface area contributed by atoms with Gasteiger partial charge in [-0.05, 0) is 55.9 Å². The van der Waals surface area contributed by atoms with E-state index < -0.39 is 0 Å². The zero-order valence-electron chi connectivity index (χ0n) is 13.7. The average molecular weight is 280 g/mol. The molecule has 1 rings (SSSR count). The summed E-state index contributed by atoms with van der Waals surface area (Å²) in [6, 6.07) is 8.50. The van der Waals surface area contributed by atoms with E-state index >= 15 is 0 Å². The van der Waals surface area contributed by atoms with Gasteiger partial charge in [0.15, 0.2) is 0 Å². The fraction of sp³-hybridized carbons (Fsp3) is 0.238. The van der Waals surface area contributed by atoms with E-state index in [-0.39, 0.29) is 0 Å². The maximum Gasteiger partial charge on any atom is -0.0236 e. The Labute approximate surface area is 130 Å². The molecule has 0 fully saturated rings. The third-order valence-corrected chi connectivity index (χ3v) is 3.01. The molecular weight excluding hydrogens is 252 g/mol. The quantitative estimate of drug-likeness (QED) is 0.420. The van der Waals surface area contributed by atoms with Gasteiger partial charge in [0.1, 0.15) is 0 Å². The molecular formula is C21H28. The Morgan fingerprint density at radius 1 is 1.10 bits per heavy atom. The smallest absolute Gasteiger partial charge is 0.0236 e. The first-order valence-corrected chi connectivity index (χ1v) is 7.34. The highest BCUT2D eigenvalue weighted by Crippen LogP contribution is 2.17. The third-order valence-electron chi connectivity index (χ3n) is 3.01. The summed E-state index contributed by atoms with van der Waals surface area (Å²) < 4.78 is 0. The maximum atomic E-state index is 4.10. The Morgan fingerprint density at radius 2 is 1.71 bits per heavy atom. The second kappa shape index (κ2) is 11.7. The molecule has 0 atom stereocenters. The lowest BCUT2D eigenvalue weighted by Gasteiger charge is -2.08. The number of rotatable bonds is 6. The van der Waals surface area contributed by atoms with Gasteiger partial charge in [-0.25, -0.2) is 0 Å². The predicted octanol–water partition coefficient (Wildman–Crippen LogP) is 6.36. The monoisotopic (exact) mass is 280 g/mol. The van der Waals surface area contributed by atoms with Gasteiger partial charge < -0.3 is 0 Å². The molecule has 0 amide bonds. The first-order valence-electron chi connectivity index (χ1n) is 7.34. The molecule has 1 aromatic rings. The van der Waals surface area contributed by atoms with Crippen molar-refractivity contribution in [1.29, 1.82) is 0 Å². The van der Waals surface area contributed by atoms with Crippen molar-refractivity contribution < 1.29 is 0 Å². The lowest BCUT2D eigenvalue weighted by atomic mass is 9.98. The minimum Gasteiger partial charge on any atom is -0.103 e. The van der Waals surface area contributed by atoms with Gasteiger partial charge in [-0.15, -0.1) is 6.58 Å². The van der Waals surface area contributed by atoms with Crippen molar-refractivity contribution in [2.24, 2.45) is 0 Å². The van der Waals surface area contributed by atoms with Gasteiger partial charge >= 0.3 is 0 Å². The van der Waals surface area contributed by atoms with Crippen LogP contribution in [0, 0.1) is 6.92 Å². The molecule has 0 saturated heterocycles. The van der Waals surface area contributed by atoms with Crippen LogP contribution in [0.15, 0.2) is 85.5 Å². The maximum absolute atomic E-state index is 4.10. The van der Waals surface area contributed by atoms with E-state index in [0.717, 1.165) is 24.0 Å². The van der Waals surface area contributed by atoms with Crippen LogP contribution in [0.2, 0.25) is 0 Å². The van der Waals surface area contributed by atoms with Crippen molar-refractivity contribution in [3.63, 3.8) is 0 Å². The summed E-state index contributed by atoms with van der Waals surface area (Å²) in [5.74, 6) is 0. The summed E-state index contributed by atoms with van der Waals surface area (Å²) in [5, 5.41) is 0. The van der Waals surface area contributed by atoms with Crippen LogP contribution >= 0.6 is 0 Å². The van der Waals surface area contributed by atoms with Gasteiger partial charge in [0.05, 0.1) is 0 Å². The van der Waals surface area contributed by atoms with Crippen molar-refractivity contribution in [2.45, 2.75) is 33.6 Å². The van der Waals surface area contributed by atoms with Crippen LogP contribution in [0.5, 0.6) is 0 Å². The molecule has 21 heavy (non-hydrogen) atoms. The number of hydrogen-bond acceptors (Lipinski definition) is 0. The van der Waals surface area contributed by atoms with E-state index in [1.54, 1.807) is 6.08 Å². The highest BCUT2D eigenvalue weighted by molar-refractivity contribution is 5.37. The number of hydrogen-bond donors (Lipinski definition) is 0. The number of benzene rings is 1. The lowest BCUT2D eigenvalue weighted by Crippen LogP contribution is -1.92. The van der Waals surface area contributed by atoms with Crippen LogP contribution in [0.4, 0.5) is 0 Å². The van der Waals surface area contributed by atoms with Gasteiger partial charge in [-0.1, -0.05) is 67.8 Å². The van der Waals surface area contributed by atoms with Crippen LogP contribution in [0.25, 0.3) is 0 Å².